The number of benzene rings is 1. The molecule has 0 saturated heterocycles. The fourth-order valence-corrected chi connectivity index (χ4v) is 2.49. The van der Waals surface area contributed by atoms with Crippen LogP contribution in [-0.2, 0) is 4.79 Å². The number of aromatic nitrogens is 1. The van der Waals surface area contributed by atoms with E-state index < -0.39 is 0 Å². The normalized spacial score (nSPS) is 9.95. The molecule has 0 fully saturated rings. The highest BCUT2D eigenvalue weighted by Crippen LogP contribution is 2.28. The minimum Gasteiger partial charge on any atom is -0.358 e. The summed E-state index contributed by atoms with van der Waals surface area (Å²) in [5, 5.41) is 5.63. The molecule has 5 nitrogen and oxygen atoms in total. The molecule has 0 aliphatic rings. The summed E-state index contributed by atoms with van der Waals surface area (Å²) in [5.41, 5.74) is 0.454. The Kier molecular flexibility index (Phi) is 5.34. The van der Waals surface area contributed by atoms with Gasteiger partial charge in [-0.25, -0.2) is 4.98 Å². The Bertz CT molecular complexity index is 632. The average molecular weight is 301 g/mol. The first-order chi connectivity index (χ1) is 10.2. The predicted octanol–water partition coefficient (Wildman–Crippen LogP) is 1.71. The summed E-state index contributed by atoms with van der Waals surface area (Å²) in [4.78, 5) is 28.5. The molecule has 0 aliphatic carbocycles. The van der Waals surface area contributed by atoms with Crippen molar-refractivity contribution in [2.75, 3.05) is 13.6 Å². The third-order valence-corrected chi connectivity index (χ3v) is 3.69. The Labute approximate surface area is 127 Å². The van der Waals surface area contributed by atoms with Crippen LogP contribution in [0.4, 0.5) is 0 Å². The molecule has 0 atom stereocenters. The predicted molar refractivity (Wildman–Crippen MR) is 81.2 cm³/mol. The lowest BCUT2D eigenvalue weighted by molar-refractivity contribution is -0.119. The topological polar surface area (TPSA) is 71.1 Å². The first-order valence-corrected chi connectivity index (χ1v) is 7.19. The molecule has 1 aromatic heterocycles. The van der Waals surface area contributed by atoms with Crippen LogP contribution in [0.3, 0.4) is 0 Å². The molecule has 0 spiro atoms. The highest BCUT2D eigenvalue weighted by molar-refractivity contribution is 7.99. The van der Waals surface area contributed by atoms with E-state index in [0.717, 1.165) is 4.90 Å². The van der Waals surface area contributed by atoms with Gasteiger partial charge in [0.05, 0.1) is 12.1 Å². The summed E-state index contributed by atoms with van der Waals surface area (Å²) in [6.07, 6.45) is 1.64. The summed E-state index contributed by atoms with van der Waals surface area (Å²) in [5.74, 6) is -0.561. The van der Waals surface area contributed by atoms with Crippen LogP contribution in [0.5, 0.6) is 0 Å². The molecule has 1 heterocycles. The number of rotatable bonds is 5. The fraction of sp³-hybridized carbons (Fsp3) is 0.133. The van der Waals surface area contributed by atoms with Crippen LogP contribution in [0, 0.1) is 0 Å². The number of carbonyl (C=O) groups excluding carboxylic acids is 2. The number of amides is 2. The third kappa shape index (κ3) is 4.32. The van der Waals surface area contributed by atoms with Crippen LogP contribution < -0.4 is 10.6 Å². The van der Waals surface area contributed by atoms with E-state index >= 15 is 0 Å². The number of hydrogen-bond donors (Lipinski definition) is 2. The zero-order valence-electron chi connectivity index (χ0n) is 11.5. The average Bonchev–Trinajstić information content (AvgIpc) is 2.53. The standard InChI is InChI=1S/C15H15N3O2S/c1-16-13(19)10-18-14(20)12-8-5-9-17-15(12)21-11-6-3-2-4-7-11/h2-9H,10H2,1H3,(H,16,19)(H,18,20). The molecule has 6 heteroatoms. The molecule has 0 bridgehead atoms. The van der Waals surface area contributed by atoms with Crippen molar-refractivity contribution in [1.29, 1.82) is 0 Å². The van der Waals surface area contributed by atoms with Gasteiger partial charge in [-0.1, -0.05) is 30.0 Å². The smallest absolute Gasteiger partial charge is 0.254 e. The molecule has 0 saturated carbocycles. The van der Waals surface area contributed by atoms with Gasteiger partial charge in [0, 0.05) is 18.1 Å². The van der Waals surface area contributed by atoms with Crippen molar-refractivity contribution < 1.29 is 9.59 Å². The Morgan fingerprint density at radius 2 is 1.90 bits per heavy atom. The van der Waals surface area contributed by atoms with Crippen LogP contribution in [0.1, 0.15) is 10.4 Å². The quantitative estimate of drug-likeness (QED) is 0.882. The molecular formula is C15H15N3O2S. The summed E-state index contributed by atoms with van der Waals surface area (Å²) < 4.78 is 0. The van der Waals surface area contributed by atoms with Gasteiger partial charge < -0.3 is 10.6 Å². The largest absolute Gasteiger partial charge is 0.358 e. The molecule has 2 aromatic rings. The number of nitrogens with one attached hydrogen (secondary N) is 2. The van der Waals surface area contributed by atoms with E-state index in [1.807, 2.05) is 30.3 Å². The monoisotopic (exact) mass is 301 g/mol. The Hall–Kier alpha value is -2.34. The van der Waals surface area contributed by atoms with Gasteiger partial charge in [0.25, 0.3) is 5.91 Å². The first kappa shape index (κ1) is 15.1. The Morgan fingerprint density at radius 3 is 2.62 bits per heavy atom. The van der Waals surface area contributed by atoms with Crippen molar-refractivity contribution in [2.45, 2.75) is 9.92 Å². The number of pyridine rings is 1. The van der Waals surface area contributed by atoms with E-state index in [9.17, 15) is 9.59 Å². The van der Waals surface area contributed by atoms with Crippen molar-refractivity contribution in [3.63, 3.8) is 0 Å². The third-order valence-electron chi connectivity index (χ3n) is 2.66. The maximum Gasteiger partial charge on any atom is 0.254 e. The lowest BCUT2D eigenvalue weighted by atomic mass is 10.2. The van der Waals surface area contributed by atoms with E-state index in [1.165, 1.54) is 18.8 Å². The Morgan fingerprint density at radius 1 is 1.14 bits per heavy atom. The minimum absolute atomic E-state index is 0.0559. The van der Waals surface area contributed by atoms with Crippen molar-refractivity contribution in [2.24, 2.45) is 0 Å². The second-order valence-corrected chi connectivity index (χ2v) is 5.19. The molecule has 1 aromatic carbocycles. The number of likely N-dealkylation sites (N-methyl/N-ethyl adjacent to an activating group) is 1. The van der Waals surface area contributed by atoms with Crippen molar-refractivity contribution >= 4 is 23.6 Å². The van der Waals surface area contributed by atoms with Crippen molar-refractivity contribution in [1.82, 2.24) is 15.6 Å². The molecule has 21 heavy (non-hydrogen) atoms. The number of hydrogen-bond acceptors (Lipinski definition) is 4. The zero-order valence-corrected chi connectivity index (χ0v) is 12.3. The van der Waals surface area contributed by atoms with Crippen LogP contribution in [0.2, 0.25) is 0 Å². The lowest BCUT2D eigenvalue weighted by Crippen LogP contribution is -2.35. The second kappa shape index (κ2) is 7.44. The summed E-state index contributed by atoms with van der Waals surface area (Å²) in [7, 11) is 1.52. The van der Waals surface area contributed by atoms with Gasteiger partial charge in [0.2, 0.25) is 5.91 Å². The van der Waals surface area contributed by atoms with Crippen LogP contribution in [0.25, 0.3) is 0 Å². The molecule has 2 amide bonds. The lowest BCUT2D eigenvalue weighted by Gasteiger charge is -2.08. The maximum absolute atomic E-state index is 12.1. The van der Waals surface area contributed by atoms with Gasteiger partial charge in [-0.2, -0.15) is 0 Å². The Balaban J connectivity index is 2.13. The molecule has 0 unspecified atom stereocenters. The van der Waals surface area contributed by atoms with Crippen molar-refractivity contribution in [3.8, 4) is 0 Å². The molecular weight excluding hydrogens is 286 g/mol. The number of nitrogens with zero attached hydrogens (tertiary/aromatic N) is 1. The highest BCUT2D eigenvalue weighted by Gasteiger charge is 2.13. The van der Waals surface area contributed by atoms with Crippen molar-refractivity contribution in [3.05, 3.63) is 54.2 Å². The highest BCUT2D eigenvalue weighted by atomic mass is 32.2. The minimum atomic E-state index is -0.315. The van der Waals surface area contributed by atoms with Crippen LogP contribution >= 0.6 is 11.8 Å². The molecule has 2 rings (SSSR count). The molecule has 2 N–H and O–H groups in total. The van der Waals surface area contributed by atoms with E-state index in [2.05, 4.69) is 15.6 Å². The van der Waals surface area contributed by atoms with Gasteiger partial charge in [-0.3, -0.25) is 9.59 Å². The van der Waals surface area contributed by atoms with E-state index in [4.69, 9.17) is 0 Å². The molecule has 0 radical (unpaired) electrons. The maximum atomic E-state index is 12.1. The second-order valence-electron chi connectivity index (χ2n) is 4.13. The SMILES string of the molecule is CNC(=O)CNC(=O)c1cccnc1Sc1ccccc1. The van der Waals surface area contributed by atoms with Crippen LogP contribution in [-0.4, -0.2) is 30.4 Å². The molecule has 108 valence electrons. The van der Waals surface area contributed by atoms with Gasteiger partial charge in [0.1, 0.15) is 5.03 Å². The van der Waals surface area contributed by atoms with Gasteiger partial charge in [-0.05, 0) is 24.3 Å². The van der Waals surface area contributed by atoms with E-state index in [-0.39, 0.29) is 18.4 Å². The number of carbonyl (C=O) groups is 2. The van der Waals surface area contributed by atoms with Gasteiger partial charge >= 0.3 is 0 Å². The summed E-state index contributed by atoms with van der Waals surface area (Å²) in [6.45, 7) is -0.0559. The fourth-order valence-electron chi connectivity index (χ4n) is 1.59. The molecule has 0 aliphatic heterocycles. The van der Waals surface area contributed by atoms with Crippen LogP contribution in [0.15, 0.2) is 58.6 Å². The van der Waals surface area contributed by atoms with E-state index in [1.54, 1.807) is 18.3 Å². The van der Waals surface area contributed by atoms with Gasteiger partial charge in [0.15, 0.2) is 0 Å². The summed E-state index contributed by atoms with van der Waals surface area (Å²) in [6, 6.07) is 13.1. The summed E-state index contributed by atoms with van der Waals surface area (Å²) >= 11 is 1.41. The zero-order chi connectivity index (χ0) is 15.1. The first-order valence-electron chi connectivity index (χ1n) is 6.37. The van der Waals surface area contributed by atoms with Gasteiger partial charge in [-0.15, -0.1) is 0 Å². The van der Waals surface area contributed by atoms with E-state index in [0.29, 0.717) is 10.6 Å².